The van der Waals surface area contributed by atoms with E-state index in [4.69, 9.17) is 4.74 Å². The molecule has 1 fully saturated rings. The molecule has 0 N–H and O–H groups in total. The van der Waals surface area contributed by atoms with E-state index in [1.54, 1.807) is 6.92 Å². The van der Waals surface area contributed by atoms with Crippen LogP contribution in [-0.2, 0) is 9.53 Å². The van der Waals surface area contributed by atoms with Gasteiger partial charge >= 0.3 is 0 Å². The fourth-order valence-electron chi connectivity index (χ4n) is 2.44. The van der Waals surface area contributed by atoms with E-state index in [0.29, 0.717) is 12.5 Å². The lowest BCUT2D eigenvalue weighted by Gasteiger charge is -2.40. The van der Waals surface area contributed by atoms with Crippen molar-refractivity contribution in [3.05, 3.63) is 0 Å². The molecule has 1 aliphatic rings. The first-order valence-corrected chi connectivity index (χ1v) is 5.78. The highest BCUT2D eigenvalue weighted by Gasteiger charge is 2.43. The lowest BCUT2D eigenvalue weighted by Crippen LogP contribution is -2.48. The highest BCUT2D eigenvalue weighted by atomic mass is 16.5. The summed E-state index contributed by atoms with van der Waals surface area (Å²) in [5, 5.41) is 0. The Labute approximate surface area is 87.0 Å². The molecular formula is C12H22O2. The van der Waals surface area contributed by atoms with Crippen molar-refractivity contribution in [3.8, 4) is 0 Å². The molecule has 0 aromatic carbocycles. The topological polar surface area (TPSA) is 26.3 Å². The van der Waals surface area contributed by atoms with Gasteiger partial charge in [-0.3, -0.25) is 4.79 Å². The van der Waals surface area contributed by atoms with Crippen molar-refractivity contribution in [1.82, 2.24) is 0 Å². The van der Waals surface area contributed by atoms with Crippen LogP contribution >= 0.6 is 0 Å². The molecule has 0 heterocycles. The van der Waals surface area contributed by atoms with E-state index in [9.17, 15) is 4.79 Å². The van der Waals surface area contributed by atoms with E-state index in [1.807, 2.05) is 0 Å². The maximum atomic E-state index is 11.7. The van der Waals surface area contributed by atoms with Crippen molar-refractivity contribution in [2.75, 3.05) is 6.61 Å². The molecule has 0 radical (unpaired) electrons. The minimum Gasteiger partial charge on any atom is -0.367 e. The molecule has 1 rings (SSSR count). The lowest BCUT2D eigenvalue weighted by molar-refractivity contribution is -0.156. The second kappa shape index (κ2) is 4.92. The lowest BCUT2D eigenvalue weighted by atomic mass is 9.74. The average molecular weight is 198 g/mol. The third-order valence-electron chi connectivity index (χ3n) is 3.39. The molecule has 2 atom stereocenters. The van der Waals surface area contributed by atoms with Crippen molar-refractivity contribution in [3.63, 3.8) is 0 Å². The zero-order valence-electron chi connectivity index (χ0n) is 9.64. The first-order valence-electron chi connectivity index (χ1n) is 5.78. The number of ketones is 1. The minimum absolute atomic E-state index is 0.221. The van der Waals surface area contributed by atoms with Crippen LogP contribution < -0.4 is 0 Å². The van der Waals surface area contributed by atoms with Crippen LogP contribution in [0, 0.1) is 5.92 Å². The molecule has 1 saturated carbocycles. The Morgan fingerprint density at radius 1 is 1.50 bits per heavy atom. The third-order valence-corrected chi connectivity index (χ3v) is 3.39. The van der Waals surface area contributed by atoms with E-state index in [1.165, 1.54) is 6.42 Å². The van der Waals surface area contributed by atoms with Gasteiger partial charge < -0.3 is 4.74 Å². The highest BCUT2D eigenvalue weighted by Crippen LogP contribution is 2.37. The van der Waals surface area contributed by atoms with Gasteiger partial charge in [0.05, 0.1) is 0 Å². The molecule has 1 aliphatic carbocycles. The van der Waals surface area contributed by atoms with Gasteiger partial charge in [-0.25, -0.2) is 0 Å². The predicted molar refractivity (Wildman–Crippen MR) is 57.3 cm³/mol. The number of Topliss-reactive ketones (excluding diaryl/α,β-unsaturated/α-hetero) is 1. The fraction of sp³-hybridized carbons (Fsp3) is 0.917. The van der Waals surface area contributed by atoms with Crippen molar-refractivity contribution < 1.29 is 9.53 Å². The van der Waals surface area contributed by atoms with E-state index < -0.39 is 5.60 Å². The van der Waals surface area contributed by atoms with Gasteiger partial charge in [0, 0.05) is 6.61 Å². The van der Waals surface area contributed by atoms with Crippen LogP contribution in [0.1, 0.15) is 52.9 Å². The molecule has 2 heteroatoms. The molecule has 2 unspecified atom stereocenters. The molecule has 0 aromatic heterocycles. The summed E-state index contributed by atoms with van der Waals surface area (Å²) in [5.74, 6) is 0.610. The van der Waals surface area contributed by atoms with Crippen molar-refractivity contribution in [1.29, 1.82) is 0 Å². The standard InChI is InChI=1S/C12H22O2/c1-4-9-14-12(11(3)13)8-6-5-7-10(12)2/h10H,4-9H2,1-3H3. The molecule has 0 saturated heterocycles. The molecular weight excluding hydrogens is 176 g/mol. The summed E-state index contributed by atoms with van der Waals surface area (Å²) >= 11 is 0. The Balaban J connectivity index is 2.72. The highest BCUT2D eigenvalue weighted by molar-refractivity contribution is 5.85. The summed E-state index contributed by atoms with van der Waals surface area (Å²) in [6, 6.07) is 0. The summed E-state index contributed by atoms with van der Waals surface area (Å²) < 4.78 is 5.84. The van der Waals surface area contributed by atoms with Crippen LogP contribution in [0.5, 0.6) is 0 Å². The number of ether oxygens (including phenoxy) is 1. The van der Waals surface area contributed by atoms with Crippen molar-refractivity contribution >= 4 is 5.78 Å². The Hall–Kier alpha value is -0.370. The monoisotopic (exact) mass is 198 g/mol. The molecule has 0 aliphatic heterocycles. The summed E-state index contributed by atoms with van der Waals surface area (Å²) in [6.45, 7) is 6.62. The average Bonchev–Trinajstić information content (AvgIpc) is 2.16. The van der Waals surface area contributed by atoms with Crippen molar-refractivity contribution in [2.45, 2.75) is 58.5 Å². The largest absolute Gasteiger partial charge is 0.367 e. The summed E-state index contributed by atoms with van der Waals surface area (Å²) in [6.07, 6.45) is 5.41. The molecule has 82 valence electrons. The predicted octanol–water partition coefficient (Wildman–Crippen LogP) is 2.95. The Morgan fingerprint density at radius 3 is 2.71 bits per heavy atom. The quantitative estimate of drug-likeness (QED) is 0.694. The summed E-state index contributed by atoms with van der Waals surface area (Å²) in [5.41, 5.74) is -0.450. The Kier molecular flexibility index (Phi) is 4.11. The zero-order valence-corrected chi connectivity index (χ0v) is 9.64. The molecule has 14 heavy (non-hydrogen) atoms. The first kappa shape index (κ1) is 11.7. The molecule has 0 aromatic rings. The second-order valence-electron chi connectivity index (χ2n) is 4.44. The SMILES string of the molecule is CCCOC1(C(C)=O)CCCCC1C. The number of hydrogen-bond donors (Lipinski definition) is 0. The van der Waals surface area contributed by atoms with Crippen LogP contribution in [0.25, 0.3) is 0 Å². The summed E-state index contributed by atoms with van der Waals surface area (Å²) in [4.78, 5) is 11.7. The Morgan fingerprint density at radius 2 is 2.21 bits per heavy atom. The molecule has 0 spiro atoms. The normalized spacial score (nSPS) is 32.9. The Bertz CT molecular complexity index is 200. The van der Waals surface area contributed by atoms with Gasteiger partial charge in [-0.2, -0.15) is 0 Å². The zero-order chi connectivity index (χ0) is 10.6. The van der Waals surface area contributed by atoms with E-state index in [0.717, 1.165) is 25.7 Å². The smallest absolute Gasteiger partial charge is 0.161 e. The van der Waals surface area contributed by atoms with Gasteiger partial charge in [0.15, 0.2) is 5.78 Å². The molecule has 0 amide bonds. The maximum absolute atomic E-state index is 11.7. The van der Waals surface area contributed by atoms with Gasteiger partial charge in [0.2, 0.25) is 0 Å². The van der Waals surface area contributed by atoms with Crippen LogP contribution in [0.15, 0.2) is 0 Å². The summed E-state index contributed by atoms with van der Waals surface area (Å²) in [7, 11) is 0. The van der Waals surface area contributed by atoms with Crippen LogP contribution in [0.2, 0.25) is 0 Å². The number of carbonyl (C=O) groups excluding carboxylic acids is 1. The molecule has 2 nitrogen and oxygen atoms in total. The fourth-order valence-corrected chi connectivity index (χ4v) is 2.44. The maximum Gasteiger partial charge on any atom is 0.161 e. The van der Waals surface area contributed by atoms with Crippen LogP contribution in [-0.4, -0.2) is 18.0 Å². The first-order chi connectivity index (χ1) is 6.63. The van der Waals surface area contributed by atoms with Crippen molar-refractivity contribution in [2.24, 2.45) is 5.92 Å². The minimum atomic E-state index is -0.450. The van der Waals surface area contributed by atoms with Gasteiger partial charge in [-0.15, -0.1) is 0 Å². The number of hydrogen-bond acceptors (Lipinski definition) is 2. The van der Waals surface area contributed by atoms with Gasteiger partial charge in [-0.1, -0.05) is 26.7 Å². The third kappa shape index (κ3) is 2.17. The second-order valence-corrected chi connectivity index (χ2v) is 4.44. The van der Waals surface area contributed by atoms with E-state index >= 15 is 0 Å². The van der Waals surface area contributed by atoms with Gasteiger partial charge in [0.25, 0.3) is 0 Å². The number of carbonyl (C=O) groups is 1. The van der Waals surface area contributed by atoms with Crippen LogP contribution in [0.4, 0.5) is 0 Å². The number of rotatable bonds is 4. The van der Waals surface area contributed by atoms with Gasteiger partial charge in [0.1, 0.15) is 5.60 Å². The van der Waals surface area contributed by atoms with Gasteiger partial charge in [-0.05, 0) is 32.1 Å². The molecule has 0 bridgehead atoms. The van der Waals surface area contributed by atoms with Crippen LogP contribution in [0.3, 0.4) is 0 Å². The van der Waals surface area contributed by atoms with E-state index in [2.05, 4.69) is 13.8 Å². The van der Waals surface area contributed by atoms with E-state index in [-0.39, 0.29) is 5.78 Å².